The van der Waals surface area contributed by atoms with Crippen LogP contribution in [0, 0.1) is 0 Å². The molecular formula is C45H70CoN5O5+. The van der Waals surface area contributed by atoms with Gasteiger partial charge in [0.2, 0.25) is 0 Å². The number of phenols is 2. The van der Waals surface area contributed by atoms with Crippen LogP contribution < -0.4 is 0 Å². The molecule has 0 aromatic heterocycles. The normalized spacial score (nSPS) is 19.5. The van der Waals surface area contributed by atoms with Gasteiger partial charge in [-0.2, -0.15) is 0 Å². The van der Waals surface area contributed by atoms with E-state index in [1.54, 1.807) is 0 Å². The molecule has 1 saturated heterocycles. The molecule has 1 radical (unpaired) electrons. The smallest absolute Gasteiger partial charge is 0.503 e. The summed E-state index contributed by atoms with van der Waals surface area (Å²) in [7, 11) is 2.24. The van der Waals surface area contributed by atoms with Gasteiger partial charge in [0.1, 0.15) is 11.5 Å². The van der Waals surface area contributed by atoms with Gasteiger partial charge < -0.3 is 20.4 Å². The third-order valence-electron chi connectivity index (χ3n) is 11.2. The molecule has 4 N–H and O–H groups in total. The van der Waals surface area contributed by atoms with Gasteiger partial charge in [0.15, 0.2) is 0 Å². The number of fused-ring (bicyclic) bond motifs is 1. The summed E-state index contributed by atoms with van der Waals surface area (Å²) in [5, 5.41) is 36.9. The van der Waals surface area contributed by atoms with Crippen molar-refractivity contribution in [2.24, 2.45) is 9.98 Å². The molecule has 2 aromatic rings. The van der Waals surface area contributed by atoms with Crippen LogP contribution in [-0.4, -0.2) is 111 Å². The van der Waals surface area contributed by atoms with Gasteiger partial charge in [-0.3, -0.25) is 24.4 Å². The Morgan fingerprint density at radius 3 is 1.80 bits per heavy atom. The first-order chi connectivity index (χ1) is 25.7. The Hall–Kier alpha value is -3.57. The number of aliphatic imine (C=N–C) groups is 2. The number of aromatic hydroxyl groups is 2. The molecule has 5 rings (SSSR count). The van der Waals surface area contributed by atoms with Crippen molar-refractivity contribution in [3.05, 3.63) is 57.6 Å². The Bertz CT molecular complexity index is 1730. The van der Waals surface area contributed by atoms with Crippen LogP contribution in [0.15, 0.2) is 34.3 Å². The van der Waals surface area contributed by atoms with Gasteiger partial charge in [0.05, 0.1) is 51.9 Å². The molecule has 11 heteroatoms. The van der Waals surface area contributed by atoms with Gasteiger partial charge in [-0.05, 0) is 77.2 Å². The number of rotatable bonds is 9. The van der Waals surface area contributed by atoms with Gasteiger partial charge >= 0.3 is 12.1 Å². The number of phenolic OH excluding ortho intramolecular Hbond substituents is 2. The van der Waals surface area contributed by atoms with Crippen molar-refractivity contribution in [2.45, 2.75) is 148 Å². The Morgan fingerprint density at radius 1 is 0.750 bits per heavy atom. The minimum Gasteiger partial charge on any atom is -0.507 e. The fraction of sp³-hybridized carbons (Fsp3) is 0.644. The molecular weight excluding hydrogens is 749 g/mol. The number of guanidine groups is 1. The summed E-state index contributed by atoms with van der Waals surface area (Å²) in [5.41, 5.74) is 5.71. The van der Waals surface area contributed by atoms with Crippen LogP contribution in [0.2, 0.25) is 0 Å². The van der Waals surface area contributed by atoms with Crippen LogP contribution in [-0.2, 0) is 39.4 Å². The summed E-state index contributed by atoms with van der Waals surface area (Å²) >= 11 is 0. The Labute approximate surface area is 347 Å². The first-order valence-corrected chi connectivity index (χ1v) is 20.5. The Balaban J connectivity index is 0.00000160. The van der Waals surface area contributed by atoms with Crippen LogP contribution in [0.3, 0.4) is 0 Å². The van der Waals surface area contributed by atoms with Gasteiger partial charge in [-0.15, -0.1) is 0 Å². The van der Waals surface area contributed by atoms with E-state index in [9.17, 15) is 10.2 Å². The van der Waals surface area contributed by atoms with Crippen molar-refractivity contribution >= 4 is 24.5 Å². The fourth-order valence-corrected chi connectivity index (χ4v) is 7.97. The number of aryl methyl sites for hydroxylation is 1. The minimum absolute atomic E-state index is 0. The van der Waals surface area contributed by atoms with E-state index >= 15 is 0 Å². The first-order valence-electron chi connectivity index (χ1n) is 20.5. The van der Waals surface area contributed by atoms with Crippen molar-refractivity contribution in [3.63, 3.8) is 0 Å². The monoisotopic (exact) mass is 819 g/mol. The second-order valence-corrected chi connectivity index (χ2v) is 18.9. The largest absolute Gasteiger partial charge is 0.507 e. The van der Waals surface area contributed by atoms with Crippen LogP contribution in [0.25, 0.3) is 0 Å². The molecule has 0 amide bonds. The van der Waals surface area contributed by atoms with Crippen molar-refractivity contribution in [2.75, 3.05) is 39.8 Å². The maximum atomic E-state index is 11.6. The molecule has 2 heterocycles. The van der Waals surface area contributed by atoms with E-state index in [0.29, 0.717) is 11.5 Å². The molecule has 2 atom stereocenters. The summed E-state index contributed by atoms with van der Waals surface area (Å²) in [6.07, 6.45) is 11.6. The van der Waals surface area contributed by atoms with E-state index in [1.807, 2.05) is 12.4 Å². The molecule has 1 saturated carbocycles. The van der Waals surface area contributed by atoms with E-state index in [4.69, 9.17) is 25.0 Å². The number of carbonyl (C=O) groups is 1. The van der Waals surface area contributed by atoms with Gasteiger partial charge in [0.25, 0.3) is 0 Å². The standard InChI is InChI=1S/C44H67N5O2.CH2O3.Co/c1-42(2,3)34-25-31(17-13-14-21-48-23-16-24-49-22-15-20-47(10)41(48)49)39(50)32(26-34)29-45-37-18-11-12-19-38(37)46-30-33-27-35(43(4,5)6)28-36(40(33)51)44(7,8)9;2-1(3)4;/h25-30,37-38H,11-24H2,1-10H3,(H-,45,46,50,51);(H2,2,3,4);/p+1. The summed E-state index contributed by atoms with van der Waals surface area (Å²) in [5.74, 6) is 2.11. The maximum absolute atomic E-state index is 11.6. The fourth-order valence-electron chi connectivity index (χ4n) is 7.97. The third-order valence-corrected chi connectivity index (χ3v) is 11.2. The maximum Gasteiger partial charge on any atom is 0.503 e. The second kappa shape index (κ2) is 19.7. The molecule has 2 aromatic carbocycles. The molecule has 2 fully saturated rings. The van der Waals surface area contributed by atoms with E-state index in [1.165, 1.54) is 43.0 Å². The summed E-state index contributed by atoms with van der Waals surface area (Å²) < 4.78 is 2.44. The molecule has 0 bridgehead atoms. The molecule has 3 aliphatic rings. The Morgan fingerprint density at radius 2 is 1.27 bits per heavy atom. The van der Waals surface area contributed by atoms with E-state index in [2.05, 4.69) is 108 Å². The van der Waals surface area contributed by atoms with Crippen LogP contribution in [0.4, 0.5) is 4.79 Å². The zero-order chi connectivity index (χ0) is 40.7. The number of carboxylic acid groups (broad SMARTS) is 2. The van der Waals surface area contributed by atoms with Crippen LogP contribution in [0.5, 0.6) is 11.5 Å². The molecule has 0 spiro atoms. The molecule has 2 aliphatic heterocycles. The minimum atomic E-state index is -1.83. The molecule has 10 nitrogen and oxygen atoms in total. The quantitative estimate of drug-likeness (QED) is 0.113. The number of unbranched alkanes of at least 4 members (excludes halogenated alkanes) is 1. The topological polar surface area (TPSA) is 132 Å². The van der Waals surface area contributed by atoms with E-state index in [0.717, 1.165) is 86.8 Å². The molecule has 1 aliphatic carbocycles. The third kappa shape index (κ3) is 12.7. The zero-order valence-corrected chi connectivity index (χ0v) is 36.8. The number of nitrogens with zero attached hydrogens (tertiary/aromatic N) is 5. The second-order valence-electron chi connectivity index (χ2n) is 18.9. The van der Waals surface area contributed by atoms with Crippen molar-refractivity contribution in [1.29, 1.82) is 0 Å². The molecule has 56 heavy (non-hydrogen) atoms. The first kappa shape index (κ1) is 46.8. The van der Waals surface area contributed by atoms with E-state index < -0.39 is 6.16 Å². The van der Waals surface area contributed by atoms with Crippen molar-refractivity contribution in [1.82, 2.24) is 9.80 Å². The number of benzene rings is 2. The predicted molar refractivity (Wildman–Crippen MR) is 226 cm³/mol. The summed E-state index contributed by atoms with van der Waals surface area (Å²) in [4.78, 5) is 23.9. The van der Waals surface area contributed by atoms with Crippen molar-refractivity contribution < 1.29 is 46.6 Å². The van der Waals surface area contributed by atoms with E-state index in [-0.39, 0.29) is 45.1 Å². The predicted octanol–water partition coefficient (Wildman–Crippen LogP) is 8.79. The molecule has 313 valence electrons. The average molecular weight is 820 g/mol. The van der Waals surface area contributed by atoms with Crippen LogP contribution in [0.1, 0.15) is 147 Å². The number of hydrogen-bond acceptors (Lipinski definition) is 7. The van der Waals surface area contributed by atoms with Gasteiger partial charge in [-0.1, -0.05) is 87.3 Å². The average Bonchev–Trinajstić information content (AvgIpc) is 3.08. The Kier molecular flexibility index (Phi) is 16.5. The summed E-state index contributed by atoms with van der Waals surface area (Å²) in [6.45, 7) is 25.5. The number of hydrogen-bond donors (Lipinski definition) is 4. The van der Waals surface area contributed by atoms with Gasteiger partial charge in [-0.25, -0.2) is 4.79 Å². The van der Waals surface area contributed by atoms with Crippen molar-refractivity contribution in [3.8, 4) is 11.5 Å². The zero-order valence-electron chi connectivity index (χ0n) is 35.8. The summed E-state index contributed by atoms with van der Waals surface area (Å²) in [6, 6.07) is 8.67. The van der Waals surface area contributed by atoms with Crippen LogP contribution >= 0.6 is 0 Å². The molecule has 2 unspecified atom stereocenters. The van der Waals surface area contributed by atoms with Gasteiger partial charge in [0, 0.05) is 58.7 Å². The SMILES string of the molecule is C[N+]1=C2N(CCCCc3cc(C(C)(C)C)cc(C=NC4CCCCC4N=Cc4cc(C(C)(C)C)cc(C(C)(C)C)c4O)c3O)CCCN2CCC1.O=C(O)O.[Co].